The van der Waals surface area contributed by atoms with Crippen LogP contribution in [-0.4, -0.2) is 10.1 Å². The van der Waals surface area contributed by atoms with E-state index in [1.165, 1.54) is 0 Å². The summed E-state index contributed by atoms with van der Waals surface area (Å²) >= 11 is 0. The minimum atomic E-state index is -0.00411. The molecule has 1 aromatic heterocycles. The van der Waals surface area contributed by atoms with Crippen molar-refractivity contribution in [3.63, 3.8) is 0 Å². The number of para-hydroxylation sites is 1. The topological polar surface area (TPSA) is 42.4 Å². The van der Waals surface area contributed by atoms with Crippen molar-refractivity contribution in [2.24, 2.45) is 0 Å². The Bertz CT molecular complexity index is 506. The van der Waals surface area contributed by atoms with Gasteiger partial charge in [-0.3, -0.25) is 0 Å². The maximum atomic E-state index is 8.95. The fraction of sp³-hybridized carbons (Fsp3) is 0.267. The molecule has 0 aliphatic heterocycles. The molecule has 0 aliphatic carbocycles. The number of hydrogen-bond acceptors (Lipinski definition) is 3. The zero-order chi connectivity index (χ0) is 13.0. The van der Waals surface area contributed by atoms with Crippen LogP contribution in [0.3, 0.4) is 0 Å². The van der Waals surface area contributed by atoms with Gasteiger partial charge in [-0.15, -0.1) is 0 Å². The van der Waals surface area contributed by atoms with Crippen LogP contribution in [0.15, 0.2) is 42.6 Å². The van der Waals surface area contributed by atoms with Crippen LogP contribution < -0.4 is 4.74 Å². The van der Waals surface area contributed by atoms with Crippen molar-refractivity contribution in [1.82, 2.24) is 4.98 Å². The minimum Gasteiger partial charge on any atom is -0.439 e. The van der Waals surface area contributed by atoms with Crippen LogP contribution in [0.2, 0.25) is 0 Å². The van der Waals surface area contributed by atoms with E-state index in [9.17, 15) is 0 Å². The summed E-state index contributed by atoms with van der Waals surface area (Å²) in [6.45, 7) is 4.25. The highest BCUT2D eigenvalue weighted by molar-refractivity contribution is 5.38. The van der Waals surface area contributed by atoms with Crippen molar-refractivity contribution in [3.8, 4) is 11.6 Å². The van der Waals surface area contributed by atoms with Crippen LogP contribution in [0.5, 0.6) is 11.6 Å². The molecule has 0 bridgehead atoms. The van der Waals surface area contributed by atoms with Gasteiger partial charge in [0, 0.05) is 12.3 Å². The van der Waals surface area contributed by atoms with Crippen LogP contribution in [0.4, 0.5) is 0 Å². The largest absolute Gasteiger partial charge is 0.439 e. The van der Waals surface area contributed by atoms with E-state index < -0.39 is 0 Å². The first kappa shape index (κ1) is 12.6. The first-order valence-corrected chi connectivity index (χ1v) is 6.03. The molecule has 2 rings (SSSR count). The van der Waals surface area contributed by atoms with E-state index in [2.05, 4.69) is 24.9 Å². The standard InChI is InChI=1S/C15H17NO2/c1-11(2)13-5-3-4-6-14(13)18-15-8-7-12(10-17)9-16-15/h3-9,11,17H,10H2,1-2H3. The molecule has 0 amide bonds. The molecule has 0 saturated carbocycles. The summed E-state index contributed by atoms with van der Waals surface area (Å²) in [5.41, 5.74) is 1.94. The third-order valence-corrected chi connectivity index (χ3v) is 2.74. The summed E-state index contributed by atoms with van der Waals surface area (Å²) < 4.78 is 5.78. The molecule has 0 radical (unpaired) electrons. The number of aliphatic hydroxyl groups excluding tert-OH is 1. The van der Waals surface area contributed by atoms with Gasteiger partial charge in [0.25, 0.3) is 0 Å². The van der Waals surface area contributed by atoms with Gasteiger partial charge in [-0.2, -0.15) is 0 Å². The minimum absolute atomic E-state index is 0.00411. The van der Waals surface area contributed by atoms with Crippen molar-refractivity contribution in [3.05, 3.63) is 53.7 Å². The van der Waals surface area contributed by atoms with Crippen LogP contribution >= 0.6 is 0 Å². The molecule has 1 N–H and O–H groups in total. The molecule has 1 heterocycles. The molecule has 0 saturated heterocycles. The first-order valence-electron chi connectivity index (χ1n) is 6.03. The van der Waals surface area contributed by atoms with Gasteiger partial charge in [-0.25, -0.2) is 4.98 Å². The quantitative estimate of drug-likeness (QED) is 0.893. The second-order valence-corrected chi connectivity index (χ2v) is 4.46. The Balaban J connectivity index is 2.22. The normalized spacial score (nSPS) is 10.7. The SMILES string of the molecule is CC(C)c1ccccc1Oc1ccc(CO)cn1. The highest BCUT2D eigenvalue weighted by Crippen LogP contribution is 2.29. The molecule has 3 nitrogen and oxygen atoms in total. The molecular weight excluding hydrogens is 226 g/mol. The van der Waals surface area contributed by atoms with Crippen LogP contribution in [0.1, 0.15) is 30.9 Å². The number of aromatic nitrogens is 1. The fourth-order valence-corrected chi connectivity index (χ4v) is 1.73. The number of nitrogens with zero attached hydrogens (tertiary/aromatic N) is 1. The molecule has 0 fully saturated rings. The molecule has 1 aromatic carbocycles. The lowest BCUT2D eigenvalue weighted by Gasteiger charge is -2.12. The Hall–Kier alpha value is -1.87. The van der Waals surface area contributed by atoms with Crippen LogP contribution in [-0.2, 0) is 6.61 Å². The Morgan fingerprint density at radius 3 is 2.56 bits per heavy atom. The molecule has 0 aliphatic rings. The number of benzene rings is 1. The van der Waals surface area contributed by atoms with E-state index in [1.807, 2.05) is 18.2 Å². The number of pyridine rings is 1. The maximum absolute atomic E-state index is 8.95. The third kappa shape index (κ3) is 2.87. The maximum Gasteiger partial charge on any atom is 0.219 e. The predicted molar refractivity (Wildman–Crippen MR) is 70.8 cm³/mol. The zero-order valence-corrected chi connectivity index (χ0v) is 10.6. The zero-order valence-electron chi connectivity index (χ0n) is 10.6. The van der Waals surface area contributed by atoms with Gasteiger partial charge in [0.05, 0.1) is 6.61 Å². The van der Waals surface area contributed by atoms with Gasteiger partial charge in [-0.05, 0) is 29.2 Å². The smallest absolute Gasteiger partial charge is 0.219 e. The van der Waals surface area contributed by atoms with Gasteiger partial charge in [0.2, 0.25) is 5.88 Å². The molecule has 0 unspecified atom stereocenters. The number of ether oxygens (including phenoxy) is 1. The van der Waals surface area contributed by atoms with Crippen molar-refractivity contribution in [2.45, 2.75) is 26.4 Å². The molecule has 94 valence electrons. The van der Waals surface area contributed by atoms with Gasteiger partial charge < -0.3 is 9.84 Å². The van der Waals surface area contributed by atoms with Crippen molar-refractivity contribution in [2.75, 3.05) is 0 Å². The Kier molecular flexibility index (Phi) is 3.95. The average Bonchev–Trinajstić information content (AvgIpc) is 2.40. The molecular formula is C15H17NO2. The number of hydrogen-bond donors (Lipinski definition) is 1. The Morgan fingerprint density at radius 1 is 1.17 bits per heavy atom. The Labute approximate surface area is 107 Å². The first-order chi connectivity index (χ1) is 8.70. The highest BCUT2D eigenvalue weighted by Gasteiger charge is 2.08. The summed E-state index contributed by atoms with van der Waals surface area (Å²) in [4.78, 5) is 4.16. The molecule has 18 heavy (non-hydrogen) atoms. The molecule has 0 atom stereocenters. The monoisotopic (exact) mass is 243 g/mol. The molecule has 2 aromatic rings. The van der Waals surface area contributed by atoms with Crippen molar-refractivity contribution in [1.29, 1.82) is 0 Å². The van der Waals surface area contributed by atoms with Crippen LogP contribution in [0.25, 0.3) is 0 Å². The third-order valence-electron chi connectivity index (χ3n) is 2.74. The van der Waals surface area contributed by atoms with Crippen molar-refractivity contribution >= 4 is 0 Å². The predicted octanol–water partition coefficient (Wildman–Crippen LogP) is 3.49. The lowest BCUT2D eigenvalue weighted by atomic mass is 10.0. The Morgan fingerprint density at radius 2 is 1.94 bits per heavy atom. The summed E-state index contributed by atoms with van der Waals surface area (Å²) in [6, 6.07) is 11.5. The van der Waals surface area contributed by atoms with Crippen LogP contribution in [0, 0.1) is 0 Å². The van der Waals surface area contributed by atoms with Gasteiger partial charge in [0.15, 0.2) is 0 Å². The van der Waals surface area contributed by atoms with E-state index in [4.69, 9.17) is 9.84 Å². The summed E-state index contributed by atoms with van der Waals surface area (Å²) in [7, 11) is 0. The second kappa shape index (κ2) is 5.65. The van der Waals surface area contributed by atoms with Gasteiger partial charge >= 0.3 is 0 Å². The number of rotatable bonds is 4. The average molecular weight is 243 g/mol. The van der Waals surface area contributed by atoms with E-state index in [0.29, 0.717) is 11.8 Å². The summed E-state index contributed by atoms with van der Waals surface area (Å²) in [5, 5.41) is 8.95. The lowest BCUT2D eigenvalue weighted by Crippen LogP contribution is -1.95. The van der Waals surface area contributed by atoms with E-state index >= 15 is 0 Å². The molecule has 3 heteroatoms. The molecule has 0 spiro atoms. The van der Waals surface area contributed by atoms with Gasteiger partial charge in [-0.1, -0.05) is 32.0 Å². The van der Waals surface area contributed by atoms with E-state index in [-0.39, 0.29) is 6.61 Å². The second-order valence-electron chi connectivity index (χ2n) is 4.46. The summed E-state index contributed by atoms with van der Waals surface area (Å²) in [6.07, 6.45) is 1.62. The lowest BCUT2D eigenvalue weighted by molar-refractivity contribution is 0.281. The van der Waals surface area contributed by atoms with E-state index in [1.54, 1.807) is 18.3 Å². The van der Waals surface area contributed by atoms with Crippen molar-refractivity contribution < 1.29 is 9.84 Å². The summed E-state index contributed by atoms with van der Waals surface area (Å²) in [5.74, 6) is 1.77. The van der Waals surface area contributed by atoms with E-state index in [0.717, 1.165) is 16.9 Å². The number of aliphatic hydroxyl groups is 1. The highest BCUT2D eigenvalue weighted by atomic mass is 16.5. The fourth-order valence-electron chi connectivity index (χ4n) is 1.73. The van der Waals surface area contributed by atoms with Gasteiger partial charge in [0.1, 0.15) is 5.75 Å².